The van der Waals surface area contributed by atoms with Crippen LogP contribution < -0.4 is 10.2 Å². The van der Waals surface area contributed by atoms with Crippen LogP contribution in [0.25, 0.3) is 0 Å². The van der Waals surface area contributed by atoms with Gasteiger partial charge in [0.1, 0.15) is 12.1 Å². The molecule has 0 saturated heterocycles. The molecule has 1 rings (SSSR count). The Bertz CT molecular complexity index is 570. The van der Waals surface area contributed by atoms with Crippen molar-refractivity contribution in [2.75, 3.05) is 18.5 Å². The van der Waals surface area contributed by atoms with E-state index in [9.17, 15) is 9.59 Å². The molecular formula is C15H19N3O3. The Kier molecular flexibility index (Phi) is 5.30. The van der Waals surface area contributed by atoms with Crippen LogP contribution in [-0.4, -0.2) is 31.2 Å². The smallest absolute Gasteiger partial charge is 0.408 e. The van der Waals surface area contributed by atoms with E-state index in [4.69, 9.17) is 10.00 Å². The summed E-state index contributed by atoms with van der Waals surface area (Å²) in [5.41, 5.74) is 0.442. The first-order valence-corrected chi connectivity index (χ1v) is 6.46. The van der Waals surface area contributed by atoms with Crippen LogP contribution in [0, 0.1) is 11.3 Å². The highest BCUT2D eigenvalue weighted by molar-refractivity contribution is 5.95. The lowest BCUT2D eigenvalue weighted by Gasteiger charge is -2.21. The predicted octanol–water partition coefficient (Wildman–Crippen LogP) is 2.05. The van der Waals surface area contributed by atoms with E-state index in [2.05, 4.69) is 5.32 Å². The summed E-state index contributed by atoms with van der Waals surface area (Å²) in [5, 5.41) is 11.2. The highest BCUT2D eigenvalue weighted by atomic mass is 16.6. The molecule has 112 valence electrons. The van der Waals surface area contributed by atoms with E-state index in [1.54, 1.807) is 52.1 Å². The fraction of sp³-hybridized carbons (Fsp3) is 0.400. The Morgan fingerprint density at radius 3 is 2.62 bits per heavy atom. The number of anilines is 1. The van der Waals surface area contributed by atoms with Gasteiger partial charge in [0.25, 0.3) is 0 Å². The molecule has 0 aliphatic heterocycles. The molecule has 0 aliphatic carbocycles. The third-order valence-electron chi connectivity index (χ3n) is 2.52. The number of carbonyl (C=O) groups excluding carboxylic acids is 2. The molecule has 0 aromatic heterocycles. The zero-order valence-corrected chi connectivity index (χ0v) is 12.6. The molecule has 0 atom stereocenters. The van der Waals surface area contributed by atoms with Gasteiger partial charge in [-0.25, -0.2) is 4.79 Å². The molecular weight excluding hydrogens is 270 g/mol. The van der Waals surface area contributed by atoms with Gasteiger partial charge in [0, 0.05) is 12.7 Å². The fourth-order valence-electron chi connectivity index (χ4n) is 1.51. The number of likely N-dealkylation sites (N-methyl/N-ethyl adjacent to an activating group) is 1. The second-order valence-electron chi connectivity index (χ2n) is 5.47. The average molecular weight is 289 g/mol. The minimum absolute atomic E-state index is 0.178. The number of benzene rings is 1. The van der Waals surface area contributed by atoms with Gasteiger partial charge < -0.3 is 15.0 Å². The van der Waals surface area contributed by atoms with Crippen LogP contribution in [-0.2, 0) is 9.53 Å². The van der Waals surface area contributed by atoms with Crippen molar-refractivity contribution in [2.24, 2.45) is 0 Å². The topological polar surface area (TPSA) is 82.4 Å². The van der Waals surface area contributed by atoms with Crippen LogP contribution in [0.2, 0.25) is 0 Å². The van der Waals surface area contributed by atoms with Crippen LogP contribution in [0.3, 0.4) is 0 Å². The lowest BCUT2D eigenvalue weighted by Crippen LogP contribution is -2.40. The third-order valence-corrected chi connectivity index (χ3v) is 2.52. The van der Waals surface area contributed by atoms with Gasteiger partial charge in [0.05, 0.1) is 11.6 Å². The van der Waals surface area contributed by atoms with Gasteiger partial charge in [-0.2, -0.15) is 5.26 Å². The van der Waals surface area contributed by atoms with Crippen molar-refractivity contribution in [3.8, 4) is 6.07 Å². The molecule has 0 radical (unpaired) electrons. The van der Waals surface area contributed by atoms with E-state index in [0.717, 1.165) is 0 Å². The molecule has 0 aliphatic rings. The summed E-state index contributed by atoms with van der Waals surface area (Å²) in [6.45, 7) is 5.05. The number of nitrogens with zero attached hydrogens (tertiary/aromatic N) is 2. The van der Waals surface area contributed by atoms with Gasteiger partial charge in [0.15, 0.2) is 0 Å². The number of nitrogens with one attached hydrogen (secondary N) is 1. The van der Waals surface area contributed by atoms with Crippen LogP contribution in [0.15, 0.2) is 24.3 Å². The van der Waals surface area contributed by atoms with Crippen molar-refractivity contribution >= 4 is 17.7 Å². The Hall–Kier alpha value is -2.55. The van der Waals surface area contributed by atoms with Crippen molar-refractivity contribution in [3.05, 3.63) is 29.8 Å². The lowest BCUT2D eigenvalue weighted by molar-refractivity contribution is -0.117. The summed E-state index contributed by atoms with van der Waals surface area (Å²) in [6, 6.07) is 8.67. The molecule has 0 heterocycles. The minimum atomic E-state index is -0.643. The lowest BCUT2D eigenvalue weighted by atomic mass is 10.2. The molecule has 0 fully saturated rings. The van der Waals surface area contributed by atoms with Crippen molar-refractivity contribution < 1.29 is 14.3 Å². The maximum atomic E-state index is 12.0. The molecule has 6 heteroatoms. The van der Waals surface area contributed by atoms with Crippen molar-refractivity contribution in [1.82, 2.24) is 5.32 Å². The number of alkyl carbamates (subject to hydrolysis) is 1. The first kappa shape index (κ1) is 16.5. The predicted molar refractivity (Wildman–Crippen MR) is 78.8 cm³/mol. The molecule has 6 nitrogen and oxygen atoms in total. The van der Waals surface area contributed by atoms with Gasteiger partial charge >= 0.3 is 6.09 Å². The van der Waals surface area contributed by atoms with E-state index < -0.39 is 11.7 Å². The maximum absolute atomic E-state index is 12.0. The number of carbonyl (C=O) groups is 2. The molecule has 2 amide bonds. The second kappa shape index (κ2) is 6.75. The maximum Gasteiger partial charge on any atom is 0.408 e. The highest BCUT2D eigenvalue weighted by Gasteiger charge is 2.18. The molecule has 0 unspecified atom stereocenters. The summed E-state index contributed by atoms with van der Waals surface area (Å²) >= 11 is 0. The fourth-order valence-corrected chi connectivity index (χ4v) is 1.51. The zero-order chi connectivity index (χ0) is 16.0. The first-order valence-electron chi connectivity index (χ1n) is 6.46. The van der Waals surface area contributed by atoms with E-state index >= 15 is 0 Å². The molecule has 1 N–H and O–H groups in total. The number of rotatable bonds is 3. The molecule has 0 spiro atoms. The van der Waals surface area contributed by atoms with Crippen LogP contribution in [0.4, 0.5) is 10.5 Å². The average Bonchev–Trinajstić information content (AvgIpc) is 2.42. The Morgan fingerprint density at radius 2 is 2.05 bits per heavy atom. The van der Waals surface area contributed by atoms with Gasteiger partial charge in [-0.15, -0.1) is 0 Å². The monoisotopic (exact) mass is 289 g/mol. The molecule has 0 bridgehead atoms. The largest absolute Gasteiger partial charge is 0.444 e. The molecule has 1 aromatic carbocycles. The van der Waals surface area contributed by atoms with E-state index in [1.165, 1.54) is 4.90 Å². The molecule has 0 saturated carbocycles. The van der Waals surface area contributed by atoms with E-state index in [-0.39, 0.29) is 12.5 Å². The Morgan fingerprint density at radius 1 is 1.38 bits per heavy atom. The van der Waals surface area contributed by atoms with Crippen molar-refractivity contribution in [1.29, 1.82) is 5.26 Å². The number of nitriles is 1. The SMILES string of the molecule is CN(C(=O)CNC(=O)OC(C)(C)C)c1cccc(C#N)c1. The van der Waals surface area contributed by atoms with Gasteiger partial charge in [0.2, 0.25) is 5.91 Å². The van der Waals surface area contributed by atoms with Crippen LogP contribution >= 0.6 is 0 Å². The second-order valence-corrected chi connectivity index (χ2v) is 5.47. The quantitative estimate of drug-likeness (QED) is 0.923. The van der Waals surface area contributed by atoms with E-state index in [0.29, 0.717) is 11.3 Å². The highest BCUT2D eigenvalue weighted by Crippen LogP contribution is 2.14. The zero-order valence-electron chi connectivity index (χ0n) is 12.6. The summed E-state index contributed by atoms with van der Waals surface area (Å²) in [5.74, 6) is -0.309. The van der Waals surface area contributed by atoms with Gasteiger partial charge in [-0.3, -0.25) is 4.79 Å². The van der Waals surface area contributed by atoms with Crippen LogP contribution in [0.1, 0.15) is 26.3 Å². The number of hydrogen-bond donors (Lipinski definition) is 1. The van der Waals surface area contributed by atoms with E-state index in [1.807, 2.05) is 6.07 Å². The summed E-state index contributed by atoms with van der Waals surface area (Å²) in [6.07, 6.45) is -0.643. The molecule has 1 aromatic rings. The third kappa shape index (κ3) is 5.53. The normalized spacial score (nSPS) is 10.4. The van der Waals surface area contributed by atoms with Crippen molar-refractivity contribution in [2.45, 2.75) is 26.4 Å². The summed E-state index contributed by atoms with van der Waals surface area (Å²) in [7, 11) is 1.58. The van der Waals surface area contributed by atoms with Crippen LogP contribution in [0.5, 0.6) is 0 Å². The number of amides is 2. The summed E-state index contributed by atoms with van der Waals surface area (Å²) < 4.78 is 5.05. The molecule has 21 heavy (non-hydrogen) atoms. The van der Waals surface area contributed by atoms with Crippen molar-refractivity contribution in [3.63, 3.8) is 0 Å². The Labute approximate surface area is 124 Å². The minimum Gasteiger partial charge on any atom is -0.444 e. The summed E-state index contributed by atoms with van der Waals surface area (Å²) in [4.78, 5) is 24.8. The number of ether oxygens (including phenoxy) is 1. The Balaban J connectivity index is 2.59. The van der Waals surface area contributed by atoms with Gasteiger partial charge in [-0.1, -0.05) is 6.07 Å². The first-order chi connectivity index (χ1) is 9.73. The van der Waals surface area contributed by atoms with Gasteiger partial charge in [-0.05, 0) is 39.0 Å². The number of hydrogen-bond acceptors (Lipinski definition) is 4. The standard InChI is InChI=1S/C15H19N3O3/c1-15(2,3)21-14(20)17-10-13(19)18(4)12-7-5-6-11(8-12)9-16/h5-8H,10H2,1-4H3,(H,17,20).